The minimum atomic E-state index is -4.66. The molecule has 139 heavy (non-hydrogen) atoms. The van der Waals surface area contributed by atoms with Crippen LogP contribution in [0, 0.1) is 54.5 Å². The minimum Gasteiger partial charge on any atom is -0.463 e. The smallest absolute Gasteiger partial charge is 0.463 e. The number of halogens is 17. The van der Waals surface area contributed by atoms with Crippen LogP contribution in [0.4, 0.5) is 82.9 Å². The van der Waals surface area contributed by atoms with Crippen molar-refractivity contribution in [1.82, 2.24) is 50.5 Å². The number of esters is 2. The van der Waals surface area contributed by atoms with Gasteiger partial charge >= 0.3 is 43.8 Å². The molecule has 0 aliphatic heterocycles. The summed E-state index contributed by atoms with van der Waals surface area (Å²) in [4.78, 5) is 76.6. The molecule has 0 saturated carbocycles. The van der Waals surface area contributed by atoms with Crippen LogP contribution in [0.1, 0.15) is 92.3 Å². The molecule has 730 valence electrons. The largest absolute Gasteiger partial charge is 0.490 e. The summed E-state index contributed by atoms with van der Waals surface area (Å²) < 4.78 is 280. The van der Waals surface area contributed by atoms with Gasteiger partial charge in [-0.2, -0.15) is 52.7 Å². The zero-order chi connectivity index (χ0) is 103. The first-order chi connectivity index (χ1) is 64.7. The number of nitrogens with two attached hydrogens (primary N) is 1. The first-order valence-corrected chi connectivity index (χ1v) is 44.8. The van der Waals surface area contributed by atoms with E-state index in [0.717, 1.165) is 91.6 Å². The molecule has 0 spiro atoms. The highest BCUT2D eigenvalue weighted by atomic mass is 35.5. The van der Waals surface area contributed by atoms with Crippen LogP contribution >= 0.6 is 24.0 Å². The number of carbonyl (C=O) groups excluding carboxylic acids is 4. The number of sulfonamides is 3. The van der Waals surface area contributed by atoms with Crippen molar-refractivity contribution in [3.63, 3.8) is 0 Å². The molecule has 0 atom stereocenters. The van der Waals surface area contributed by atoms with Crippen LogP contribution < -0.4 is 36.0 Å². The third-order valence-electron chi connectivity index (χ3n) is 16.8. The molecule has 8 aromatic heterocycles. The first-order valence-electron chi connectivity index (χ1n) is 38.8. The molecule has 0 unspecified atom stereocenters. The number of terminal acetylenes is 3. The number of nitrogens with one attached hydrogen (secondary N) is 5. The Morgan fingerprint density at radius 2 is 0.727 bits per heavy atom. The molecule has 8 heterocycles. The molecule has 0 aliphatic carbocycles. The molecule has 2 amide bonds. The number of benzene rings is 3. The molecular formula is C90H76BCl2F15N14O14S3. The molecule has 11 rings (SSSR count). The Hall–Kier alpha value is -14.9. The Morgan fingerprint density at radius 1 is 0.439 bits per heavy atom. The van der Waals surface area contributed by atoms with Crippen LogP contribution in [0.2, 0.25) is 5.15 Å². The number of carbonyl (C=O) groups is 4. The number of rotatable bonds is 25. The van der Waals surface area contributed by atoms with Crippen molar-refractivity contribution in [2.75, 3.05) is 46.1 Å². The molecule has 0 saturated heterocycles. The fraction of sp³-hybridized carbons (Fsp3) is 0.156. The maximum Gasteiger partial charge on any atom is 0.490 e. The lowest BCUT2D eigenvalue weighted by molar-refractivity contribution is -0.141. The van der Waals surface area contributed by atoms with Gasteiger partial charge in [-0.1, -0.05) is 53.6 Å². The number of hydrogen-bond acceptors (Lipinski definition) is 23. The molecule has 0 bridgehead atoms. The monoisotopic (exact) mass is 2040 g/mol. The van der Waals surface area contributed by atoms with E-state index in [1.807, 2.05) is 14.2 Å². The topological polar surface area (TPSA) is 419 Å². The second kappa shape index (κ2) is 52.4. The van der Waals surface area contributed by atoms with Crippen molar-refractivity contribution >= 4 is 132 Å². The van der Waals surface area contributed by atoms with Gasteiger partial charge in [0.25, 0.3) is 0 Å². The van der Waals surface area contributed by atoms with E-state index in [4.69, 9.17) is 51.4 Å². The molecule has 3 aromatic carbocycles. The number of amides is 2. The van der Waals surface area contributed by atoms with Crippen molar-refractivity contribution in [3.8, 4) is 70.8 Å². The van der Waals surface area contributed by atoms with Gasteiger partial charge < -0.3 is 35.9 Å². The predicted molar refractivity (Wildman–Crippen MR) is 492 cm³/mol. The van der Waals surface area contributed by atoms with Crippen molar-refractivity contribution in [2.24, 2.45) is 5.73 Å². The Morgan fingerprint density at radius 3 is 0.986 bits per heavy atom. The van der Waals surface area contributed by atoms with Gasteiger partial charge in [0.1, 0.15) is 45.4 Å². The highest BCUT2D eigenvalue weighted by Crippen LogP contribution is 2.37. The lowest BCUT2D eigenvalue weighted by Crippen LogP contribution is -2.29. The molecule has 49 heteroatoms. The Labute approximate surface area is 796 Å². The van der Waals surface area contributed by atoms with Crippen LogP contribution in [0.25, 0.3) is 58.1 Å². The Bertz CT molecular complexity index is 6570. The summed E-state index contributed by atoms with van der Waals surface area (Å²) in [5.41, 5.74) is 3.70. The average Bonchev–Trinajstić information content (AvgIpc) is 0.820. The zero-order valence-corrected chi connectivity index (χ0v) is 76.4. The number of nitrogens with zero attached hydrogens (tertiary/aromatic N) is 8. The fourth-order valence-electron chi connectivity index (χ4n) is 10.8. The van der Waals surface area contributed by atoms with E-state index in [2.05, 4.69) is 73.0 Å². The van der Waals surface area contributed by atoms with Crippen molar-refractivity contribution in [3.05, 3.63) is 308 Å². The average molecular weight is 2040 g/mol. The van der Waals surface area contributed by atoms with Crippen molar-refractivity contribution in [2.45, 2.75) is 58.2 Å². The molecule has 0 aliphatic rings. The standard InChI is InChI=1S/2C24H18F4N4O3S.C16H13F3N2O2.C11H9ClF3NO2.C10H11FN2O2S.C5H6BNO2.ClH/c2*1-3-16-11-15(12-19(25)23(16)32-36(2,34)35)13-30-21(33)9-7-17-6-8-20(24(26,27)28)31-22(17)18-5-4-10-29-14-18;1-2-23-14(22)8-6-11-5-7-13(16(17,18)19)21-15(11)12-4-3-9-20-10-12;1-2-18-9(17)6-4-7-3-5-8(11(13,14)15)16-10(7)12;1-3-8-4-7(6-12)5-9(11)10(8)13-16(2,14)15;8-6(9)5-2-1-3-7-4-5;/h2*1,4-12,14,32H,13H2,2H3,(H,30,33);3-10H,2H2,1H3;3-6H,2H2,1H3;1,4-5,13H,6,12H2,2H3;1-4,8-9H;1H/b2*9-7+;8-6+;6-4+;;;. The van der Waals surface area contributed by atoms with E-state index < -0.39 is 126 Å². The third-order valence-corrected chi connectivity index (χ3v) is 18.8. The van der Waals surface area contributed by atoms with E-state index in [1.165, 1.54) is 128 Å². The highest BCUT2D eigenvalue weighted by molar-refractivity contribution is 7.92. The summed E-state index contributed by atoms with van der Waals surface area (Å²) in [7, 11) is -12.5. The van der Waals surface area contributed by atoms with Gasteiger partial charge in [0.15, 0.2) is 0 Å². The molecular weight excluding hydrogens is 1960 g/mol. The van der Waals surface area contributed by atoms with Crippen LogP contribution in [0.15, 0.2) is 207 Å². The van der Waals surface area contributed by atoms with E-state index in [0.29, 0.717) is 33.3 Å². The molecule has 0 radical (unpaired) electrons. The SMILES string of the molecule is C#Cc1cc(CN)cc(F)c1NS(C)(=O)=O.C#Cc1cc(CNC(=O)/C=C/c2ccc(C(F)(F)F)nc2-c2cccnc2)cc(F)c1NS(C)(=O)=O.C#Cc1cc(CNC(=O)/C=C/c2ccc(C(F)(F)F)nc2-c2cccnc2)cc(F)c1NS(C)(=O)=O.CCOC(=O)/C=C/c1ccc(C(F)(F)F)nc1-c1cccnc1.CCOC(=O)/C=C/c1ccc(C(F)(F)F)nc1Cl.Cl.OB(O)c1cccnc1. The van der Waals surface area contributed by atoms with Crippen LogP contribution in [-0.4, -0.2) is 138 Å². The van der Waals surface area contributed by atoms with Crippen LogP contribution in [-0.2, 0) is 103 Å². The number of pyridine rings is 8. The summed E-state index contributed by atoms with van der Waals surface area (Å²) in [6, 6.07) is 27.9. The fourth-order valence-corrected chi connectivity index (χ4v) is 12.7. The minimum absolute atomic E-state index is 0. The predicted octanol–water partition coefficient (Wildman–Crippen LogP) is 14.9. The van der Waals surface area contributed by atoms with E-state index >= 15 is 0 Å². The molecule has 28 nitrogen and oxygen atoms in total. The van der Waals surface area contributed by atoms with Gasteiger partial charge in [0, 0.05) is 138 Å². The number of anilines is 3. The number of aromatic nitrogens is 8. The van der Waals surface area contributed by atoms with Gasteiger partial charge in [-0.15, -0.1) is 31.7 Å². The summed E-state index contributed by atoms with van der Waals surface area (Å²) in [6.07, 6.45) is 21.1. The second-order valence-electron chi connectivity index (χ2n) is 27.4. The quantitative estimate of drug-likeness (QED) is 0.00658. The van der Waals surface area contributed by atoms with Gasteiger partial charge in [0.2, 0.25) is 41.9 Å². The van der Waals surface area contributed by atoms with Crippen LogP contribution in [0.3, 0.4) is 0 Å². The van der Waals surface area contributed by atoms with E-state index in [1.54, 1.807) is 44.3 Å². The normalized spacial score (nSPS) is 11.4. The first kappa shape index (κ1) is 115. The summed E-state index contributed by atoms with van der Waals surface area (Å²) in [6.45, 7) is 3.53. The maximum absolute atomic E-state index is 14.4. The Balaban J connectivity index is 0.000000308. The van der Waals surface area contributed by atoms with E-state index in [9.17, 15) is 110 Å². The number of hydrogen-bond donors (Lipinski definition) is 8. The van der Waals surface area contributed by atoms with Gasteiger partial charge in [-0.25, -0.2) is 67.9 Å². The van der Waals surface area contributed by atoms with E-state index in [-0.39, 0.29) is 129 Å². The second-order valence-corrected chi connectivity index (χ2v) is 33.0. The zero-order valence-electron chi connectivity index (χ0n) is 72.4. The summed E-state index contributed by atoms with van der Waals surface area (Å²) in [5.74, 6) is 1.55. The highest BCUT2D eigenvalue weighted by Gasteiger charge is 2.37. The number of alkyl halides is 12. The molecule has 9 N–H and O–H groups in total. The van der Waals surface area contributed by atoms with Gasteiger partial charge in [-0.3, -0.25) is 43.7 Å². The van der Waals surface area contributed by atoms with Gasteiger partial charge in [-0.05, 0) is 164 Å². The summed E-state index contributed by atoms with van der Waals surface area (Å²) >= 11 is 5.58. The van der Waals surface area contributed by atoms with Crippen molar-refractivity contribution < 1.29 is 130 Å². The van der Waals surface area contributed by atoms with Crippen molar-refractivity contribution in [1.29, 1.82) is 0 Å². The summed E-state index contributed by atoms with van der Waals surface area (Å²) in [5, 5.41) is 21.7. The maximum atomic E-state index is 14.4. The number of ether oxygens (including phenoxy) is 2. The van der Waals surface area contributed by atoms with Gasteiger partial charge in [0.05, 0.1) is 82.8 Å². The Kier molecular flexibility index (Phi) is 43.2. The molecule has 11 aromatic rings. The molecule has 0 fully saturated rings. The lowest BCUT2D eigenvalue weighted by Gasteiger charge is -2.11. The lowest BCUT2D eigenvalue weighted by atomic mass is 9.82. The third kappa shape index (κ3) is 38.7. The van der Waals surface area contributed by atoms with Crippen LogP contribution in [0.5, 0.6) is 0 Å².